The molecule has 5 nitrogen and oxygen atoms in total. The summed E-state index contributed by atoms with van der Waals surface area (Å²) in [4.78, 5) is 12.8. The van der Waals surface area contributed by atoms with Gasteiger partial charge in [0.25, 0.3) is 0 Å². The summed E-state index contributed by atoms with van der Waals surface area (Å²) in [5.41, 5.74) is 0. The number of carboxylic acid groups (broad SMARTS) is 1. The zero-order valence-electron chi connectivity index (χ0n) is 16.7. The Kier molecular flexibility index (Phi) is 23.8. The average Bonchev–Trinajstić information content (AvgIpc) is 2.57. The Bertz CT molecular complexity index is 307. The van der Waals surface area contributed by atoms with Gasteiger partial charge in [-0.1, -0.05) is 84.5 Å². The van der Waals surface area contributed by atoms with Crippen LogP contribution < -0.4 is 0 Å². The molecule has 152 valence electrons. The molecule has 0 heterocycles. The predicted molar refractivity (Wildman–Crippen MR) is 111 cm³/mol. The normalized spacial score (nSPS) is 11.1. The number of likely N-dealkylation sites (N-methyl/N-ethyl adjacent to an activating group) is 1. The SMILES string of the molecule is CCCCCCCCCCCCCCN(CC)CCN(O)CC(=O)O.[NaH]. The topological polar surface area (TPSA) is 64.0 Å². The first kappa shape index (κ1) is 28.6. The summed E-state index contributed by atoms with van der Waals surface area (Å²) >= 11 is 0. The first-order valence-corrected chi connectivity index (χ1v) is 10.5. The summed E-state index contributed by atoms with van der Waals surface area (Å²) in [6.45, 7) is 7.15. The van der Waals surface area contributed by atoms with Crippen molar-refractivity contribution in [1.29, 1.82) is 0 Å². The van der Waals surface area contributed by atoms with Crippen LogP contribution in [0.25, 0.3) is 0 Å². The molecule has 0 unspecified atom stereocenters. The fraction of sp³-hybridized carbons (Fsp3) is 0.950. The van der Waals surface area contributed by atoms with Crippen LogP contribution in [0.2, 0.25) is 0 Å². The Morgan fingerprint density at radius 2 is 1.19 bits per heavy atom. The van der Waals surface area contributed by atoms with Gasteiger partial charge in [-0.15, -0.1) is 0 Å². The molecule has 0 atom stereocenters. The fourth-order valence-electron chi connectivity index (χ4n) is 3.10. The molecular formula is C20H43N2NaO3. The van der Waals surface area contributed by atoms with Gasteiger partial charge in [-0.2, -0.15) is 5.06 Å². The minimum atomic E-state index is -0.994. The zero-order chi connectivity index (χ0) is 18.8. The molecule has 0 spiro atoms. The number of hydrogen-bond donors (Lipinski definition) is 2. The minimum absolute atomic E-state index is 0. The summed E-state index contributed by atoms with van der Waals surface area (Å²) in [5, 5.41) is 19.0. The van der Waals surface area contributed by atoms with Crippen LogP contribution in [0.5, 0.6) is 0 Å². The average molecular weight is 383 g/mol. The van der Waals surface area contributed by atoms with E-state index in [2.05, 4.69) is 18.7 Å². The molecule has 0 aromatic heterocycles. The van der Waals surface area contributed by atoms with Crippen molar-refractivity contribution in [2.75, 3.05) is 32.7 Å². The van der Waals surface area contributed by atoms with Gasteiger partial charge in [-0.3, -0.25) is 4.79 Å². The maximum absolute atomic E-state index is 10.5. The molecule has 26 heavy (non-hydrogen) atoms. The van der Waals surface area contributed by atoms with Gasteiger partial charge in [0, 0.05) is 13.1 Å². The third-order valence-electron chi connectivity index (χ3n) is 4.77. The molecule has 2 N–H and O–H groups in total. The Balaban J connectivity index is 0. The summed E-state index contributed by atoms with van der Waals surface area (Å²) < 4.78 is 0. The van der Waals surface area contributed by atoms with E-state index < -0.39 is 5.97 Å². The molecule has 0 aliphatic rings. The Hall–Kier alpha value is 0.350. The third-order valence-corrected chi connectivity index (χ3v) is 4.77. The molecule has 0 aliphatic heterocycles. The second-order valence-electron chi connectivity index (χ2n) is 7.11. The molecule has 0 aliphatic carbocycles. The molecule has 0 saturated carbocycles. The standard InChI is InChI=1S/C20H42N2O3.Na.H/c1-3-5-6-7-8-9-10-11-12-13-14-15-16-21(4-2)17-18-22(25)19-20(23)24;;/h25H,3-19H2,1-2H3,(H,23,24);;. The fourth-order valence-corrected chi connectivity index (χ4v) is 3.10. The van der Waals surface area contributed by atoms with E-state index in [0.29, 0.717) is 6.54 Å². The number of aliphatic carboxylic acids is 1. The van der Waals surface area contributed by atoms with Crippen molar-refractivity contribution in [2.45, 2.75) is 90.9 Å². The predicted octanol–water partition coefficient (Wildman–Crippen LogP) is 4.14. The van der Waals surface area contributed by atoms with Gasteiger partial charge >= 0.3 is 35.5 Å². The Morgan fingerprint density at radius 3 is 1.62 bits per heavy atom. The molecule has 0 fully saturated rings. The monoisotopic (exact) mass is 382 g/mol. The van der Waals surface area contributed by atoms with Gasteiger partial charge in [0.05, 0.1) is 0 Å². The van der Waals surface area contributed by atoms with Crippen molar-refractivity contribution in [3.05, 3.63) is 0 Å². The van der Waals surface area contributed by atoms with Gasteiger partial charge in [-0.05, 0) is 19.5 Å². The van der Waals surface area contributed by atoms with E-state index in [1.54, 1.807) is 0 Å². The van der Waals surface area contributed by atoms with E-state index in [1.807, 2.05) is 0 Å². The van der Waals surface area contributed by atoms with E-state index in [-0.39, 0.29) is 36.1 Å². The first-order valence-electron chi connectivity index (χ1n) is 10.5. The third kappa shape index (κ3) is 20.7. The van der Waals surface area contributed by atoms with Crippen molar-refractivity contribution >= 4 is 35.5 Å². The van der Waals surface area contributed by atoms with Gasteiger partial charge < -0.3 is 15.2 Å². The Labute approximate surface area is 183 Å². The molecule has 6 heteroatoms. The van der Waals surface area contributed by atoms with Gasteiger partial charge in [-0.25, -0.2) is 0 Å². The number of carbonyl (C=O) groups is 1. The maximum atomic E-state index is 10.5. The van der Waals surface area contributed by atoms with Crippen molar-refractivity contribution in [3.63, 3.8) is 0 Å². The molecule has 0 aromatic rings. The van der Waals surface area contributed by atoms with E-state index in [0.717, 1.165) is 24.7 Å². The van der Waals surface area contributed by atoms with E-state index in [9.17, 15) is 10.0 Å². The van der Waals surface area contributed by atoms with Crippen LogP contribution in [0.15, 0.2) is 0 Å². The van der Waals surface area contributed by atoms with Crippen molar-refractivity contribution in [1.82, 2.24) is 9.96 Å². The second-order valence-corrected chi connectivity index (χ2v) is 7.11. The molecule has 0 bridgehead atoms. The van der Waals surface area contributed by atoms with Crippen LogP contribution in [0, 0.1) is 0 Å². The van der Waals surface area contributed by atoms with Crippen LogP contribution in [0.1, 0.15) is 90.9 Å². The van der Waals surface area contributed by atoms with Crippen molar-refractivity contribution in [3.8, 4) is 0 Å². The number of nitrogens with zero attached hydrogens (tertiary/aromatic N) is 2. The van der Waals surface area contributed by atoms with E-state index in [4.69, 9.17) is 5.11 Å². The molecule has 0 aromatic carbocycles. The second kappa shape index (κ2) is 21.6. The number of rotatable bonds is 19. The summed E-state index contributed by atoms with van der Waals surface area (Å²) in [7, 11) is 0. The molecular weight excluding hydrogens is 339 g/mol. The molecule has 0 amide bonds. The van der Waals surface area contributed by atoms with Crippen LogP contribution >= 0.6 is 0 Å². The van der Waals surface area contributed by atoms with Crippen molar-refractivity contribution < 1.29 is 15.1 Å². The molecule has 0 saturated heterocycles. The molecule has 0 rings (SSSR count). The van der Waals surface area contributed by atoms with Crippen molar-refractivity contribution in [2.24, 2.45) is 0 Å². The number of unbranched alkanes of at least 4 members (excludes halogenated alkanes) is 11. The van der Waals surface area contributed by atoms with E-state index in [1.165, 1.54) is 77.0 Å². The van der Waals surface area contributed by atoms with Gasteiger partial charge in [0.2, 0.25) is 0 Å². The Morgan fingerprint density at radius 1 is 0.731 bits per heavy atom. The zero-order valence-corrected chi connectivity index (χ0v) is 16.7. The summed E-state index contributed by atoms with van der Waals surface area (Å²) in [5.74, 6) is -0.994. The van der Waals surface area contributed by atoms with Gasteiger partial charge in [0.15, 0.2) is 0 Å². The van der Waals surface area contributed by atoms with Crippen LogP contribution in [-0.2, 0) is 4.79 Å². The van der Waals surface area contributed by atoms with Gasteiger partial charge in [0.1, 0.15) is 6.54 Å². The quantitative estimate of drug-likeness (QED) is 0.200. The number of hydrogen-bond acceptors (Lipinski definition) is 4. The summed E-state index contributed by atoms with van der Waals surface area (Å²) in [6, 6.07) is 0. The van der Waals surface area contributed by atoms with E-state index >= 15 is 0 Å². The first-order chi connectivity index (χ1) is 12.1. The number of hydroxylamine groups is 2. The van der Waals surface area contributed by atoms with Crippen LogP contribution in [0.3, 0.4) is 0 Å². The van der Waals surface area contributed by atoms with Crippen LogP contribution in [-0.4, -0.2) is 88.5 Å². The number of carboxylic acids is 1. The molecule has 0 radical (unpaired) electrons. The summed E-state index contributed by atoms with van der Waals surface area (Å²) in [6.07, 6.45) is 16.3. The van der Waals surface area contributed by atoms with Crippen LogP contribution in [0.4, 0.5) is 0 Å².